The summed E-state index contributed by atoms with van der Waals surface area (Å²) in [4.78, 5) is 15.7. The average molecular weight is 292 g/mol. The van der Waals surface area contributed by atoms with Gasteiger partial charge in [0.2, 0.25) is 0 Å². The summed E-state index contributed by atoms with van der Waals surface area (Å²) in [7, 11) is 0. The molecule has 0 bridgehead atoms. The van der Waals surface area contributed by atoms with Gasteiger partial charge in [-0.25, -0.2) is 9.78 Å². The van der Waals surface area contributed by atoms with Crippen LogP contribution in [0.5, 0.6) is 0 Å². The second-order valence-corrected chi connectivity index (χ2v) is 6.09. The molecule has 5 nitrogen and oxygen atoms in total. The van der Waals surface area contributed by atoms with Crippen molar-refractivity contribution < 1.29 is 14.6 Å². The van der Waals surface area contributed by atoms with Crippen molar-refractivity contribution in [3.05, 3.63) is 23.4 Å². The number of hydrogen-bond donors (Lipinski definition) is 2. The maximum Gasteiger partial charge on any atom is 0.335 e. The summed E-state index contributed by atoms with van der Waals surface area (Å²) in [5, 5.41) is 12.5. The number of ether oxygens (including phenoxy) is 1. The van der Waals surface area contributed by atoms with Gasteiger partial charge in [-0.2, -0.15) is 0 Å². The van der Waals surface area contributed by atoms with Crippen molar-refractivity contribution in [2.45, 2.75) is 52.7 Å². The van der Waals surface area contributed by atoms with Crippen LogP contribution in [-0.4, -0.2) is 34.8 Å². The summed E-state index contributed by atoms with van der Waals surface area (Å²) >= 11 is 0. The average Bonchev–Trinajstić information content (AvgIpc) is 2.45. The van der Waals surface area contributed by atoms with Gasteiger partial charge in [-0.3, -0.25) is 0 Å². The highest BCUT2D eigenvalue weighted by molar-refractivity contribution is 5.88. The van der Waals surface area contributed by atoms with Crippen LogP contribution in [0, 0.1) is 5.41 Å². The third-order valence-corrected chi connectivity index (χ3v) is 4.36. The number of anilines is 1. The predicted molar refractivity (Wildman–Crippen MR) is 81.8 cm³/mol. The Labute approximate surface area is 125 Å². The van der Waals surface area contributed by atoms with Crippen molar-refractivity contribution in [2.75, 3.05) is 11.9 Å². The van der Waals surface area contributed by atoms with Gasteiger partial charge in [-0.1, -0.05) is 20.8 Å². The number of aryl methyl sites for hydroxylation is 1. The first-order valence-electron chi connectivity index (χ1n) is 7.50. The molecule has 2 atom stereocenters. The molecule has 21 heavy (non-hydrogen) atoms. The Kier molecular flexibility index (Phi) is 4.52. The SMILES string of the molecule is CCOC1CC(Nc2cc(C(=O)O)cc(CC)n2)C1(C)C. The van der Waals surface area contributed by atoms with Crippen LogP contribution in [-0.2, 0) is 11.2 Å². The van der Waals surface area contributed by atoms with Gasteiger partial charge in [-0.15, -0.1) is 0 Å². The second-order valence-electron chi connectivity index (χ2n) is 6.09. The Morgan fingerprint density at radius 1 is 1.48 bits per heavy atom. The van der Waals surface area contributed by atoms with Crippen LogP contribution >= 0.6 is 0 Å². The Hall–Kier alpha value is -1.62. The van der Waals surface area contributed by atoms with E-state index in [2.05, 4.69) is 24.1 Å². The number of pyridine rings is 1. The van der Waals surface area contributed by atoms with Crippen molar-refractivity contribution >= 4 is 11.8 Å². The molecule has 116 valence electrons. The lowest BCUT2D eigenvalue weighted by Gasteiger charge is -2.51. The normalized spacial score (nSPS) is 23.4. The van der Waals surface area contributed by atoms with Gasteiger partial charge in [0.1, 0.15) is 5.82 Å². The lowest BCUT2D eigenvalue weighted by molar-refractivity contribution is -0.0976. The molecule has 1 aromatic rings. The molecule has 1 aliphatic carbocycles. The first-order valence-corrected chi connectivity index (χ1v) is 7.50. The minimum absolute atomic E-state index is 0.0172. The van der Waals surface area contributed by atoms with Crippen LogP contribution in [0.3, 0.4) is 0 Å². The first-order chi connectivity index (χ1) is 9.88. The molecule has 1 aromatic heterocycles. The topological polar surface area (TPSA) is 71.5 Å². The monoisotopic (exact) mass is 292 g/mol. The van der Waals surface area contributed by atoms with Crippen LogP contribution in [0.25, 0.3) is 0 Å². The van der Waals surface area contributed by atoms with Gasteiger partial charge in [0, 0.05) is 23.8 Å². The van der Waals surface area contributed by atoms with Gasteiger partial charge in [0.05, 0.1) is 11.7 Å². The minimum atomic E-state index is -0.921. The van der Waals surface area contributed by atoms with Gasteiger partial charge >= 0.3 is 5.97 Å². The van der Waals surface area contributed by atoms with E-state index in [9.17, 15) is 9.90 Å². The Morgan fingerprint density at radius 3 is 2.71 bits per heavy atom. The Morgan fingerprint density at radius 2 is 2.19 bits per heavy atom. The number of hydrogen-bond acceptors (Lipinski definition) is 4. The van der Waals surface area contributed by atoms with E-state index in [0.717, 1.165) is 12.1 Å². The molecule has 2 N–H and O–H groups in total. The molecule has 5 heteroatoms. The highest BCUT2D eigenvalue weighted by Crippen LogP contribution is 2.44. The number of aromatic nitrogens is 1. The molecule has 0 radical (unpaired) electrons. The van der Waals surface area contributed by atoms with E-state index < -0.39 is 5.97 Å². The lowest BCUT2D eigenvalue weighted by atomic mass is 9.64. The predicted octanol–water partition coefficient (Wildman–Crippen LogP) is 2.96. The van der Waals surface area contributed by atoms with E-state index in [-0.39, 0.29) is 23.1 Å². The van der Waals surface area contributed by atoms with E-state index in [0.29, 0.717) is 18.8 Å². The van der Waals surface area contributed by atoms with E-state index in [1.54, 1.807) is 12.1 Å². The molecule has 0 saturated heterocycles. The van der Waals surface area contributed by atoms with Gasteiger partial charge in [0.15, 0.2) is 0 Å². The highest BCUT2D eigenvalue weighted by atomic mass is 16.5. The molecule has 2 rings (SSSR count). The fraction of sp³-hybridized carbons (Fsp3) is 0.625. The quantitative estimate of drug-likeness (QED) is 0.843. The van der Waals surface area contributed by atoms with Crippen LogP contribution in [0.1, 0.15) is 50.2 Å². The molecule has 1 fully saturated rings. The fourth-order valence-electron chi connectivity index (χ4n) is 2.76. The van der Waals surface area contributed by atoms with E-state index in [4.69, 9.17) is 4.74 Å². The molecule has 0 amide bonds. The smallest absolute Gasteiger partial charge is 0.335 e. The Bertz CT molecular complexity index is 528. The summed E-state index contributed by atoms with van der Waals surface area (Å²) in [5.74, 6) is -0.282. The van der Waals surface area contributed by atoms with Crippen molar-refractivity contribution in [2.24, 2.45) is 5.41 Å². The molecular weight excluding hydrogens is 268 g/mol. The second kappa shape index (κ2) is 6.02. The van der Waals surface area contributed by atoms with Crippen molar-refractivity contribution in [3.8, 4) is 0 Å². The molecule has 1 aliphatic rings. The van der Waals surface area contributed by atoms with Crippen molar-refractivity contribution in [1.82, 2.24) is 4.98 Å². The number of rotatable bonds is 6. The van der Waals surface area contributed by atoms with Gasteiger partial charge in [-0.05, 0) is 31.9 Å². The van der Waals surface area contributed by atoms with Crippen LogP contribution < -0.4 is 5.32 Å². The maximum absolute atomic E-state index is 11.2. The van der Waals surface area contributed by atoms with E-state index in [1.807, 2.05) is 13.8 Å². The van der Waals surface area contributed by atoms with E-state index in [1.165, 1.54) is 0 Å². The largest absolute Gasteiger partial charge is 0.478 e. The third-order valence-electron chi connectivity index (χ3n) is 4.36. The molecule has 1 saturated carbocycles. The van der Waals surface area contributed by atoms with Crippen molar-refractivity contribution in [1.29, 1.82) is 0 Å². The summed E-state index contributed by atoms with van der Waals surface area (Å²) in [6.07, 6.45) is 1.88. The highest BCUT2D eigenvalue weighted by Gasteiger charge is 2.49. The number of aromatic carboxylic acids is 1. The number of nitrogens with zero attached hydrogens (tertiary/aromatic N) is 1. The van der Waals surface area contributed by atoms with Crippen LogP contribution in [0.4, 0.5) is 5.82 Å². The zero-order valence-corrected chi connectivity index (χ0v) is 13.1. The fourth-order valence-corrected chi connectivity index (χ4v) is 2.76. The van der Waals surface area contributed by atoms with Gasteiger partial charge in [0.25, 0.3) is 0 Å². The summed E-state index contributed by atoms with van der Waals surface area (Å²) < 4.78 is 5.71. The number of carboxylic acid groups (broad SMARTS) is 1. The zero-order chi connectivity index (χ0) is 15.6. The van der Waals surface area contributed by atoms with E-state index >= 15 is 0 Å². The summed E-state index contributed by atoms with van der Waals surface area (Å²) in [5.41, 5.74) is 1.09. The molecule has 2 unspecified atom stereocenters. The molecule has 0 spiro atoms. The summed E-state index contributed by atoms with van der Waals surface area (Å²) in [6, 6.07) is 3.48. The number of carbonyl (C=O) groups is 1. The third kappa shape index (κ3) is 3.18. The summed E-state index contributed by atoms with van der Waals surface area (Å²) in [6.45, 7) is 9.01. The standard InChI is InChI=1S/C16H24N2O3/c1-5-11-7-10(15(19)20)8-14(17-11)18-12-9-13(21-6-2)16(12,3)4/h7-8,12-13H,5-6,9H2,1-4H3,(H,17,18)(H,19,20). The molecular formula is C16H24N2O3. The molecule has 1 heterocycles. The van der Waals surface area contributed by atoms with Crippen molar-refractivity contribution in [3.63, 3.8) is 0 Å². The molecule has 0 aromatic carbocycles. The zero-order valence-electron chi connectivity index (χ0n) is 13.1. The van der Waals surface area contributed by atoms with Crippen LogP contribution in [0.2, 0.25) is 0 Å². The van der Waals surface area contributed by atoms with Crippen LogP contribution in [0.15, 0.2) is 12.1 Å². The minimum Gasteiger partial charge on any atom is -0.478 e. The first kappa shape index (κ1) is 15.8. The number of nitrogens with one attached hydrogen (secondary N) is 1. The Balaban J connectivity index is 2.13. The maximum atomic E-state index is 11.2. The van der Waals surface area contributed by atoms with Gasteiger partial charge < -0.3 is 15.2 Å². The number of carboxylic acids is 1. The molecule has 0 aliphatic heterocycles. The lowest BCUT2D eigenvalue weighted by Crippen LogP contribution is -2.58.